The number of fused-ring (bicyclic) bond motifs is 6. The fourth-order valence-electron chi connectivity index (χ4n) is 9.25. The highest BCUT2D eigenvalue weighted by Gasteiger charge is 2.25. The molecule has 0 atom stereocenters. The van der Waals surface area contributed by atoms with Crippen molar-refractivity contribution in [2.45, 2.75) is 0 Å². The third-order valence-electron chi connectivity index (χ3n) is 11.9. The largest absolute Gasteiger partial charge is 0.309 e. The zero-order chi connectivity index (χ0) is 39.6. The number of hydrogen-bond donors (Lipinski definition) is 0. The second-order valence-corrected chi connectivity index (χ2v) is 15.4. The monoisotopic (exact) mass is 764 g/mol. The van der Waals surface area contributed by atoms with Crippen molar-refractivity contribution < 1.29 is 0 Å². The van der Waals surface area contributed by atoms with Crippen molar-refractivity contribution in [3.05, 3.63) is 218 Å². The summed E-state index contributed by atoms with van der Waals surface area (Å²) in [6.45, 7) is 0. The molecular weight excluding hydrogens is 729 g/mol. The quantitative estimate of drug-likeness (QED) is 0.169. The first kappa shape index (κ1) is 34.0. The lowest BCUT2D eigenvalue weighted by Gasteiger charge is -2.14. The molecular formula is C56H36N4. The van der Waals surface area contributed by atoms with Gasteiger partial charge in [-0.3, -0.25) is 4.57 Å². The van der Waals surface area contributed by atoms with E-state index in [0.29, 0.717) is 5.95 Å². The van der Waals surface area contributed by atoms with Crippen LogP contribution in [-0.4, -0.2) is 19.1 Å². The second-order valence-electron chi connectivity index (χ2n) is 15.4. The van der Waals surface area contributed by atoms with E-state index in [1.165, 1.54) is 38.4 Å². The fraction of sp³-hybridized carbons (Fsp3) is 0. The third kappa shape index (κ3) is 5.39. The smallest absolute Gasteiger partial charge is 0.235 e. The van der Waals surface area contributed by atoms with Gasteiger partial charge in [-0.15, -0.1) is 0 Å². The molecule has 0 aliphatic heterocycles. The molecule has 0 radical (unpaired) electrons. The number of para-hydroxylation sites is 3. The first-order valence-electron chi connectivity index (χ1n) is 20.4. The van der Waals surface area contributed by atoms with E-state index in [9.17, 15) is 0 Å². The number of aromatic nitrogens is 4. The minimum absolute atomic E-state index is 0.636. The summed E-state index contributed by atoms with van der Waals surface area (Å²) in [5.74, 6) is 0.636. The Morgan fingerprint density at radius 2 is 0.933 bits per heavy atom. The summed E-state index contributed by atoms with van der Waals surface area (Å²) < 4.78 is 4.69. The van der Waals surface area contributed by atoms with Crippen LogP contribution in [0.1, 0.15) is 0 Å². The summed E-state index contributed by atoms with van der Waals surface area (Å²) in [5.41, 5.74) is 14.2. The van der Waals surface area contributed by atoms with Crippen LogP contribution in [-0.2, 0) is 0 Å². The number of rotatable bonds is 6. The molecule has 4 nitrogen and oxygen atoms in total. The molecule has 9 aromatic carbocycles. The van der Waals surface area contributed by atoms with Gasteiger partial charge in [0.05, 0.1) is 33.5 Å². The molecule has 0 saturated carbocycles. The molecule has 60 heavy (non-hydrogen) atoms. The molecule has 0 aliphatic carbocycles. The van der Waals surface area contributed by atoms with Crippen molar-refractivity contribution in [1.29, 1.82) is 0 Å². The zero-order valence-electron chi connectivity index (χ0n) is 32.6. The molecule has 0 unspecified atom stereocenters. The van der Waals surface area contributed by atoms with Crippen LogP contribution in [0.15, 0.2) is 218 Å². The van der Waals surface area contributed by atoms with Crippen LogP contribution in [0, 0.1) is 0 Å². The Morgan fingerprint density at radius 1 is 0.333 bits per heavy atom. The van der Waals surface area contributed by atoms with Gasteiger partial charge >= 0.3 is 0 Å². The van der Waals surface area contributed by atoms with Crippen molar-refractivity contribution in [2.24, 2.45) is 0 Å². The molecule has 0 spiro atoms. The number of benzene rings is 9. The maximum atomic E-state index is 5.49. The minimum atomic E-state index is 0.636. The highest BCUT2D eigenvalue weighted by atomic mass is 15.2. The van der Waals surface area contributed by atoms with Crippen LogP contribution in [0.2, 0.25) is 0 Å². The summed E-state index contributed by atoms with van der Waals surface area (Å²) in [6.07, 6.45) is 0. The Hall–Kier alpha value is -8.08. The van der Waals surface area contributed by atoms with Gasteiger partial charge in [0.15, 0.2) is 0 Å². The van der Waals surface area contributed by atoms with E-state index in [1.54, 1.807) is 0 Å². The van der Waals surface area contributed by atoms with E-state index in [-0.39, 0.29) is 0 Å². The van der Waals surface area contributed by atoms with Gasteiger partial charge in [-0.2, -0.15) is 0 Å². The fourth-order valence-corrected chi connectivity index (χ4v) is 9.25. The van der Waals surface area contributed by atoms with Crippen LogP contribution < -0.4 is 0 Å². The standard InChI is InChI=1S/C56H36N4/c1-4-18-39(19-5-1)53-48-35-47-45-26-13-15-30-50(45)60(51(47)36-52(48)59(42-23-8-3-9-24-42)55(53)41-20-6-2-7-21-41)56-57-49-29-14-12-27-46(49)54(58-56)40-33-31-38(32-34-40)44-28-16-22-37-17-10-11-25-43(37)44/h1-36H. The van der Waals surface area contributed by atoms with Crippen LogP contribution in [0.3, 0.4) is 0 Å². The predicted octanol–water partition coefficient (Wildman–Crippen LogP) is 14.5. The second kappa shape index (κ2) is 13.8. The maximum Gasteiger partial charge on any atom is 0.235 e. The molecule has 0 aliphatic rings. The molecule has 12 rings (SSSR count). The van der Waals surface area contributed by atoms with E-state index in [0.717, 1.165) is 66.4 Å². The summed E-state index contributed by atoms with van der Waals surface area (Å²) in [5, 5.41) is 6.98. The topological polar surface area (TPSA) is 35.6 Å². The van der Waals surface area contributed by atoms with Crippen LogP contribution >= 0.6 is 0 Å². The molecule has 0 saturated heterocycles. The summed E-state index contributed by atoms with van der Waals surface area (Å²) >= 11 is 0. The molecule has 3 aromatic heterocycles. The zero-order valence-corrected chi connectivity index (χ0v) is 32.6. The molecule has 4 heteroatoms. The lowest BCUT2D eigenvalue weighted by Crippen LogP contribution is -2.03. The van der Waals surface area contributed by atoms with Gasteiger partial charge in [-0.1, -0.05) is 182 Å². The SMILES string of the molecule is c1ccc(-c2c(-c3ccccc3)n(-c3ccccc3)c3cc4c(cc23)c2ccccc2n4-c2nc(-c3ccc(-c4cccc5ccccc45)cc3)c3ccccc3n2)cc1. The molecule has 3 heterocycles. The molecule has 280 valence electrons. The van der Waals surface area contributed by atoms with E-state index in [4.69, 9.17) is 9.97 Å². The Balaban J connectivity index is 1.13. The summed E-state index contributed by atoms with van der Waals surface area (Å²) in [7, 11) is 0. The predicted molar refractivity (Wildman–Crippen MR) is 250 cm³/mol. The summed E-state index contributed by atoms with van der Waals surface area (Å²) in [6, 6.07) is 78.0. The first-order valence-corrected chi connectivity index (χ1v) is 20.4. The van der Waals surface area contributed by atoms with Gasteiger partial charge in [-0.25, -0.2) is 9.97 Å². The highest BCUT2D eigenvalue weighted by molar-refractivity contribution is 6.17. The van der Waals surface area contributed by atoms with Crippen molar-refractivity contribution >= 4 is 54.4 Å². The van der Waals surface area contributed by atoms with Gasteiger partial charge < -0.3 is 4.57 Å². The van der Waals surface area contributed by atoms with Gasteiger partial charge in [0.25, 0.3) is 0 Å². The maximum absolute atomic E-state index is 5.49. The van der Waals surface area contributed by atoms with Crippen molar-refractivity contribution in [1.82, 2.24) is 19.1 Å². The molecule has 0 fully saturated rings. The average Bonchev–Trinajstić information content (AvgIpc) is 3.83. The molecule has 0 N–H and O–H groups in total. The molecule has 12 aromatic rings. The lowest BCUT2D eigenvalue weighted by atomic mass is 9.96. The minimum Gasteiger partial charge on any atom is -0.309 e. The van der Waals surface area contributed by atoms with Gasteiger partial charge in [0, 0.05) is 38.4 Å². The first-order chi connectivity index (χ1) is 29.8. The van der Waals surface area contributed by atoms with Gasteiger partial charge in [0.2, 0.25) is 5.95 Å². The third-order valence-corrected chi connectivity index (χ3v) is 11.9. The average molecular weight is 765 g/mol. The Morgan fingerprint density at radius 3 is 1.72 bits per heavy atom. The normalized spacial score (nSPS) is 11.7. The Bertz CT molecular complexity index is 3560. The van der Waals surface area contributed by atoms with E-state index in [1.807, 2.05) is 0 Å². The Kier molecular flexibility index (Phi) is 7.82. The van der Waals surface area contributed by atoms with Gasteiger partial charge in [-0.05, 0) is 69.4 Å². The van der Waals surface area contributed by atoms with E-state index >= 15 is 0 Å². The lowest BCUT2D eigenvalue weighted by molar-refractivity contribution is 1.01. The Labute approximate surface area is 346 Å². The molecule has 0 bridgehead atoms. The highest BCUT2D eigenvalue weighted by Crippen LogP contribution is 2.46. The van der Waals surface area contributed by atoms with Crippen LogP contribution in [0.5, 0.6) is 0 Å². The molecule has 0 amide bonds. The van der Waals surface area contributed by atoms with Crippen molar-refractivity contribution in [3.63, 3.8) is 0 Å². The number of hydrogen-bond acceptors (Lipinski definition) is 2. The van der Waals surface area contributed by atoms with E-state index in [2.05, 4.69) is 228 Å². The van der Waals surface area contributed by atoms with E-state index < -0.39 is 0 Å². The van der Waals surface area contributed by atoms with Crippen molar-refractivity contribution in [2.75, 3.05) is 0 Å². The van der Waals surface area contributed by atoms with Crippen molar-refractivity contribution in [3.8, 4) is 56.4 Å². The van der Waals surface area contributed by atoms with Gasteiger partial charge in [0.1, 0.15) is 0 Å². The summed E-state index contributed by atoms with van der Waals surface area (Å²) in [4.78, 5) is 10.8. The van der Waals surface area contributed by atoms with Crippen LogP contribution in [0.4, 0.5) is 0 Å². The van der Waals surface area contributed by atoms with Crippen LogP contribution in [0.25, 0.3) is 111 Å². The number of nitrogens with zero attached hydrogens (tertiary/aromatic N) is 4.